The van der Waals surface area contributed by atoms with E-state index in [0.29, 0.717) is 18.7 Å². The van der Waals surface area contributed by atoms with E-state index >= 15 is 0 Å². The van der Waals surface area contributed by atoms with Crippen LogP contribution in [0.1, 0.15) is 68.3 Å². The Morgan fingerprint density at radius 2 is 1.87 bits per heavy atom. The van der Waals surface area contributed by atoms with Gasteiger partial charge in [0.15, 0.2) is 12.5 Å². The van der Waals surface area contributed by atoms with Crippen molar-refractivity contribution in [3.8, 4) is 11.5 Å². The number of para-hydroxylation sites is 1. The number of amides is 1. The molecule has 1 unspecified atom stereocenters. The van der Waals surface area contributed by atoms with Crippen LogP contribution in [0, 0.1) is 0 Å². The molecule has 0 spiro atoms. The molecule has 0 aliphatic carbocycles. The summed E-state index contributed by atoms with van der Waals surface area (Å²) in [5.74, 6) is -0.301. The number of phenolic OH excluding ortho intramolecular Hbond substituents is 1. The van der Waals surface area contributed by atoms with Crippen molar-refractivity contribution < 1.29 is 29.0 Å². The minimum absolute atomic E-state index is 0.0980. The summed E-state index contributed by atoms with van der Waals surface area (Å²) in [6.07, 6.45) is 4.66. The number of carbonyl (C=O) groups is 2. The Labute approximate surface area is 224 Å². The van der Waals surface area contributed by atoms with E-state index in [1.54, 1.807) is 42.3 Å². The fraction of sp³-hybridized carbons (Fsp3) is 0.517. The van der Waals surface area contributed by atoms with E-state index in [2.05, 4.69) is 13.8 Å². The van der Waals surface area contributed by atoms with Gasteiger partial charge in [-0.3, -0.25) is 4.84 Å². The second-order valence-corrected chi connectivity index (χ2v) is 10.5. The van der Waals surface area contributed by atoms with Crippen LogP contribution in [0.5, 0.6) is 11.5 Å². The minimum atomic E-state index is -0.687. The molecule has 9 nitrogen and oxygen atoms in total. The quantitative estimate of drug-likeness (QED) is 0.349. The van der Waals surface area contributed by atoms with Gasteiger partial charge in [0.25, 0.3) is 0 Å². The zero-order valence-corrected chi connectivity index (χ0v) is 23.0. The van der Waals surface area contributed by atoms with Crippen LogP contribution in [0.4, 0.5) is 10.5 Å². The van der Waals surface area contributed by atoms with Crippen molar-refractivity contribution in [1.82, 2.24) is 9.96 Å². The molecule has 1 N–H and O–H groups in total. The summed E-state index contributed by atoms with van der Waals surface area (Å²) in [5, 5.41) is 11.6. The molecule has 2 heterocycles. The number of unbranched alkanes of at least 4 members (excludes halogenated alkanes) is 4. The molecular weight excluding hydrogens is 486 g/mol. The van der Waals surface area contributed by atoms with E-state index in [-0.39, 0.29) is 23.6 Å². The van der Waals surface area contributed by atoms with Crippen LogP contribution in [0.2, 0.25) is 0 Å². The van der Waals surface area contributed by atoms with Crippen molar-refractivity contribution in [2.45, 2.75) is 70.2 Å². The molecule has 9 heteroatoms. The monoisotopic (exact) mass is 525 g/mol. The van der Waals surface area contributed by atoms with Crippen molar-refractivity contribution in [3.05, 3.63) is 53.6 Å². The Hall–Kier alpha value is -3.30. The van der Waals surface area contributed by atoms with Gasteiger partial charge in [-0.05, 0) is 42.3 Å². The molecule has 0 aromatic heterocycles. The molecule has 3 atom stereocenters. The first-order valence-electron chi connectivity index (χ1n) is 13.3. The van der Waals surface area contributed by atoms with Gasteiger partial charge in [0, 0.05) is 45.2 Å². The molecule has 2 aliphatic rings. The summed E-state index contributed by atoms with van der Waals surface area (Å²) >= 11 is 0. The number of benzene rings is 2. The van der Waals surface area contributed by atoms with E-state index in [0.717, 1.165) is 24.1 Å². The third-order valence-electron chi connectivity index (χ3n) is 7.61. The molecule has 38 heavy (non-hydrogen) atoms. The molecule has 206 valence electrons. The van der Waals surface area contributed by atoms with Gasteiger partial charge < -0.3 is 24.4 Å². The van der Waals surface area contributed by atoms with E-state index in [9.17, 15) is 14.7 Å². The summed E-state index contributed by atoms with van der Waals surface area (Å²) < 4.78 is 11.5. The lowest BCUT2D eigenvalue weighted by molar-refractivity contribution is -0.296. The Morgan fingerprint density at radius 3 is 2.61 bits per heavy atom. The van der Waals surface area contributed by atoms with Gasteiger partial charge in [-0.25, -0.2) is 9.59 Å². The molecular formula is C29H39N3O6. The lowest BCUT2D eigenvalue weighted by atomic mass is 9.78. The van der Waals surface area contributed by atoms with Gasteiger partial charge in [0.1, 0.15) is 17.1 Å². The summed E-state index contributed by atoms with van der Waals surface area (Å²) in [6.45, 7) is 4.89. The van der Waals surface area contributed by atoms with Crippen molar-refractivity contribution in [3.63, 3.8) is 0 Å². The van der Waals surface area contributed by atoms with E-state index in [4.69, 9.17) is 14.3 Å². The number of hydrogen-bond donors (Lipinski definition) is 1. The average Bonchev–Trinajstić information content (AvgIpc) is 3.10. The number of aromatic hydroxyl groups is 1. The highest BCUT2D eigenvalue weighted by Crippen LogP contribution is 2.51. The van der Waals surface area contributed by atoms with Crippen molar-refractivity contribution in [2.75, 3.05) is 32.6 Å². The Kier molecular flexibility index (Phi) is 8.47. The zero-order valence-electron chi connectivity index (χ0n) is 23.0. The van der Waals surface area contributed by atoms with Crippen LogP contribution in [0.15, 0.2) is 42.5 Å². The number of phenols is 1. The topological polar surface area (TPSA) is 91.8 Å². The van der Waals surface area contributed by atoms with E-state index in [1.807, 2.05) is 24.1 Å². The van der Waals surface area contributed by atoms with Gasteiger partial charge >= 0.3 is 12.1 Å². The van der Waals surface area contributed by atoms with E-state index < -0.39 is 17.6 Å². The number of nitrogens with zero attached hydrogens (tertiary/aromatic N) is 3. The lowest BCUT2D eigenvalue weighted by Gasteiger charge is -2.45. The molecule has 2 aliphatic heterocycles. The van der Waals surface area contributed by atoms with Crippen LogP contribution < -0.4 is 9.64 Å². The Bertz CT molecular complexity index is 1160. The highest BCUT2D eigenvalue weighted by atomic mass is 16.7. The highest BCUT2D eigenvalue weighted by molar-refractivity contribution is 5.92. The first kappa shape index (κ1) is 27.7. The predicted octanol–water partition coefficient (Wildman–Crippen LogP) is 5.28. The summed E-state index contributed by atoms with van der Waals surface area (Å²) in [4.78, 5) is 35.4. The van der Waals surface area contributed by atoms with Gasteiger partial charge in [0.2, 0.25) is 0 Å². The van der Waals surface area contributed by atoms with Crippen LogP contribution in [-0.4, -0.2) is 67.3 Å². The number of carbonyl (C=O) groups excluding carboxylic acids is 2. The first-order chi connectivity index (χ1) is 18.2. The van der Waals surface area contributed by atoms with Gasteiger partial charge in [-0.15, -0.1) is 0 Å². The third-order valence-corrected chi connectivity index (χ3v) is 7.61. The maximum absolute atomic E-state index is 12.8. The standard InChI is InChI=1S/C29H39N3O6/c1-6-7-8-9-12-17-30(3)28(35)36-20-15-16-23-22(18-20)29(2)19-25(32(5)38-27(29)31(23)4)37-26(34)21-13-10-11-14-24(21)33/h10-11,13-16,18,25,27,33H,6-9,12,17,19H2,1-5H3/t25?,27-,29-/m0/s1. The maximum atomic E-state index is 12.8. The number of likely N-dealkylation sites (N-methyl/N-ethyl adjacent to an activating group) is 1. The molecule has 1 fully saturated rings. The Morgan fingerprint density at radius 1 is 1.13 bits per heavy atom. The van der Waals surface area contributed by atoms with Crippen molar-refractivity contribution in [2.24, 2.45) is 0 Å². The molecule has 2 aromatic rings. The molecule has 1 amide bonds. The average molecular weight is 526 g/mol. The largest absolute Gasteiger partial charge is 0.507 e. The van der Waals surface area contributed by atoms with Gasteiger partial charge in [-0.1, -0.05) is 51.7 Å². The summed E-state index contributed by atoms with van der Waals surface area (Å²) in [5.41, 5.74) is 1.46. The van der Waals surface area contributed by atoms with E-state index in [1.165, 1.54) is 31.4 Å². The zero-order chi connectivity index (χ0) is 27.4. The fourth-order valence-corrected chi connectivity index (χ4v) is 5.32. The molecule has 1 saturated heterocycles. The molecule has 2 aromatic carbocycles. The number of ether oxygens (including phenoxy) is 2. The number of rotatable bonds is 9. The molecule has 0 bridgehead atoms. The normalized spacial score (nSPS) is 22.5. The van der Waals surface area contributed by atoms with Crippen molar-refractivity contribution >= 4 is 17.7 Å². The van der Waals surface area contributed by atoms with Crippen molar-refractivity contribution in [1.29, 1.82) is 0 Å². The van der Waals surface area contributed by atoms with Crippen LogP contribution >= 0.6 is 0 Å². The number of esters is 1. The molecule has 4 rings (SSSR count). The maximum Gasteiger partial charge on any atom is 0.414 e. The number of hydrogen-bond acceptors (Lipinski definition) is 8. The summed E-state index contributed by atoms with van der Waals surface area (Å²) in [7, 11) is 5.44. The number of fused-ring (bicyclic) bond motifs is 3. The Balaban J connectivity index is 1.47. The van der Waals surface area contributed by atoms with Crippen LogP contribution in [0.25, 0.3) is 0 Å². The fourth-order valence-electron chi connectivity index (χ4n) is 5.32. The minimum Gasteiger partial charge on any atom is -0.507 e. The van der Waals surface area contributed by atoms with Crippen LogP contribution in [0.3, 0.4) is 0 Å². The number of hydroxylamine groups is 2. The lowest BCUT2D eigenvalue weighted by Crippen LogP contribution is -2.57. The van der Waals surface area contributed by atoms with Gasteiger partial charge in [0.05, 0.1) is 0 Å². The first-order valence-corrected chi connectivity index (χ1v) is 13.3. The molecule has 0 radical (unpaired) electrons. The van der Waals surface area contributed by atoms with Gasteiger partial charge in [-0.2, -0.15) is 5.06 Å². The van der Waals surface area contributed by atoms with Crippen LogP contribution in [-0.2, 0) is 15.0 Å². The number of anilines is 1. The second kappa shape index (κ2) is 11.6. The predicted molar refractivity (Wildman–Crippen MR) is 144 cm³/mol. The third kappa shape index (κ3) is 5.59. The molecule has 0 saturated carbocycles. The summed E-state index contributed by atoms with van der Waals surface area (Å²) in [6, 6.07) is 11.9. The second-order valence-electron chi connectivity index (χ2n) is 10.5. The SMILES string of the molecule is CCCCCCCN(C)C(=O)Oc1ccc2c(c1)[C@]1(C)CC(OC(=O)c3ccccc3O)N(C)O[C@@H]1N2C. The smallest absolute Gasteiger partial charge is 0.414 e. The highest BCUT2D eigenvalue weighted by Gasteiger charge is 2.54.